The Balaban J connectivity index is 1.53. The Kier molecular flexibility index (Phi) is 7.51. The summed E-state index contributed by atoms with van der Waals surface area (Å²) in [5.74, 6) is 10.1. The quantitative estimate of drug-likeness (QED) is 0.408. The molecule has 32 heavy (non-hydrogen) atoms. The Morgan fingerprint density at radius 3 is 1.91 bits per heavy atom. The molecule has 0 amide bonds. The van der Waals surface area contributed by atoms with Gasteiger partial charge >= 0.3 is 0 Å². The van der Waals surface area contributed by atoms with Gasteiger partial charge in [-0.05, 0) is 121 Å². The monoisotopic (exact) mass is 442 g/mol. The lowest BCUT2D eigenvalue weighted by atomic mass is 9.61. The molecule has 0 heteroatoms. The van der Waals surface area contributed by atoms with Crippen molar-refractivity contribution in [3.63, 3.8) is 0 Å². The Morgan fingerprint density at radius 2 is 1.25 bits per heavy atom. The highest BCUT2D eigenvalue weighted by molar-refractivity contribution is 5.00. The highest BCUT2D eigenvalue weighted by Crippen LogP contribution is 2.59. The predicted molar refractivity (Wildman–Crippen MR) is 141 cm³/mol. The molecule has 0 heterocycles. The van der Waals surface area contributed by atoms with Gasteiger partial charge in [0.05, 0.1) is 0 Å². The average molecular weight is 443 g/mol. The van der Waals surface area contributed by atoms with E-state index in [1.165, 1.54) is 44.9 Å². The van der Waals surface area contributed by atoms with E-state index < -0.39 is 0 Å². The summed E-state index contributed by atoms with van der Waals surface area (Å²) in [5.41, 5.74) is 1.01. The lowest BCUT2D eigenvalue weighted by Crippen LogP contribution is -2.36. The van der Waals surface area contributed by atoms with Crippen molar-refractivity contribution < 1.29 is 0 Å². The van der Waals surface area contributed by atoms with E-state index in [-0.39, 0.29) is 0 Å². The molecule has 0 aromatic rings. The molecule has 4 rings (SSSR count). The van der Waals surface area contributed by atoms with Gasteiger partial charge in [0.15, 0.2) is 0 Å². The third-order valence-corrected chi connectivity index (χ3v) is 11.5. The molecule has 0 radical (unpaired) electrons. The molecule has 10 unspecified atom stereocenters. The first-order valence-corrected chi connectivity index (χ1v) is 14.9. The van der Waals surface area contributed by atoms with Gasteiger partial charge in [0.25, 0.3) is 0 Å². The summed E-state index contributed by atoms with van der Waals surface area (Å²) >= 11 is 0. The zero-order valence-electron chi connectivity index (χ0n) is 23.3. The third kappa shape index (κ3) is 5.46. The van der Waals surface area contributed by atoms with Gasteiger partial charge in [-0.2, -0.15) is 0 Å². The smallest absolute Gasteiger partial charge is 0.0328 e. The maximum absolute atomic E-state index is 2.65. The van der Waals surface area contributed by atoms with Crippen molar-refractivity contribution >= 4 is 0 Å². The Hall–Kier alpha value is 0. The van der Waals surface area contributed by atoms with Gasteiger partial charge in [-0.25, -0.2) is 0 Å². The number of hydrogen-bond donors (Lipinski definition) is 0. The standard InChI is InChI=1S/C32H58/c1-21-15-22(2)30-25(16-21)20-28(24-12-10-14-27(19-24)32(6,7)8)29(30)18-23-11-9-13-26(17-23)31(3,4)5/h21-30H,9-20H2,1-8H3. The van der Waals surface area contributed by atoms with Crippen LogP contribution >= 0.6 is 0 Å². The molecule has 4 aliphatic rings. The minimum absolute atomic E-state index is 0.505. The molecule has 0 bridgehead atoms. The third-order valence-electron chi connectivity index (χ3n) is 11.5. The Morgan fingerprint density at radius 1 is 0.625 bits per heavy atom. The highest BCUT2D eigenvalue weighted by atomic mass is 14.6. The van der Waals surface area contributed by atoms with Gasteiger partial charge in [-0.3, -0.25) is 0 Å². The molecule has 0 spiro atoms. The van der Waals surface area contributed by atoms with E-state index in [4.69, 9.17) is 0 Å². The lowest BCUT2D eigenvalue weighted by Gasteiger charge is -2.45. The van der Waals surface area contributed by atoms with Gasteiger partial charge in [0, 0.05) is 0 Å². The van der Waals surface area contributed by atoms with Crippen LogP contribution in [0.4, 0.5) is 0 Å². The van der Waals surface area contributed by atoms with Gasteiger partial charge in [0.2, 0.25) is 0 Å². The van der Waals surface area contributed by atoms with Crippen LogP contribution < -0.4 is 0 Å². The van der Waals surface area contributed by atoms with Crippen LogP contribution in [0.5, 0.6) is 0 Å². The van der Waals surface area contributed by atoms with E-state index in [9.17, 15) is 0 Å². The van der Waals surface area contributed by atoms with Crippen molar-refractivity contribution in [1.82, 2.24) is 0 Å². The van der Waals surface area contributed by atoms with Crippen LogP contribution in [-0.2, 0) is 0 Å². The molecule has 186 valence electrons. The summed E-state index contributed by atoms with van der Waals surface area (Å²) in [6.45, 7) is 20.3. The number of hydrogen-bond acceptors (Lipinski definition) is 0. The fourth-order valence-corrected chi connectivity index (χ4v) is 9.81. The van der Waals surface area contributed by atoms with Crippen LogP contribution in [0.2, 0.25) is 0 Å². The minimum Gasteiger partial charge on any atom is -0.0625 e. The van der Waals surface area contributed by atoms with E-state index in [1.54, 1.807) is 32.1 Å². The largest absolute Gasteiger partial charge is 0.0625 e. The highest BCUT2D eigenvalue weighted by Gasteiger charge is 2.51. The fraction of sp³-hybridized carbons (Fsp3) is 1.00. The zero-order valence-corrected chi connectivity index (χ0v) is 23.3. The van der Waals surface area contributed by atoms with E-state index in [0.717, 1.165) is 59.2 Å². The van der Waals surface area contributed by atoms with Crippen LogP contribution in [-0.4, -0.2) is 0 Å². The lowest BCUT2D eigenvalue weighted by molar-refractivity contribution is 0.0522. The molecule has 10 atom stereocenters. The van der Waals surface area contributed by atoms with Gasteiger partial charge < -0.3 is 0 Å². The van der Waals surface area contributed by atoms with Crippen LogP contribution in [0.3, 0.4) is 0 Å². The average Bonchev–Trinajstić information content (AvgIpc) is 3.05. The topological polar surface area (TPSA) is 0 Å². The van der Waals surface area contributed by atoms with Crippen molar-refractivity contribution in [1.29, 1.82) is 0 Å². The molecule has 4 saturated carbocycles. The first-order chi connectivity index (χ1) is 14.9. The summed E-state index contributed by atoms with van der Waals surface area (Å²) in [6.07, 6.45) is 18.4. The van der Waals surface area contributed by atoms with E-state index in [1.807, 2.05) is 0 Å². The summed E-state index contributed by atoms with van der Waals surface area (Å²) in [6, 6.07) is 0. The maximum atomic E-state index is 2.65. The van der Waals surface area contributed by atoms with E-state index in [2.05, 4.69) is 55.4 Å². The van der Waals surface area contributed by atoms with Crippen molar-refractivity contribution in [3.05, 3.63) is 0 Å². The Labute approximate surface area is 202 Å². The van der Waals surface area contributed by atoms with Gasteiger partial charge in [0.1, 0.15) is 0 Å². The van der Waals surface area contributed by atoms with Crippen LogP contribution in [0.25, 0.3) is 0 Å². The second-order valence-electron chi connectivity index (χ2n) is 15.8. The number of fused-ring (bicyclic) bond motifs is 1. The number of rotatable bonds is 3. The predicted octanol–water partition coefficient (Wildman–Crippen LogP) is 10.0. The molecular weight excluding hydrogens is 384 g/mol. The molecular formula is C32H58. The van der Waals surface area contributed by atoms with E-state index in [0.29, 0.717) is 10.8 Å². The second kappa shape index (κ2) is 9.57. The summed E-state index contributed by atoms with van der Waals surface area (Å²) in [4.78, 5) is 0. The van der Waals surface area contributed by atoms with Crippen molar-refractivity contribution in [2.45, 2.75) is 132 Å². The van der Waals surface area contributed by atoms with Gasteiger partial charge in [-0.15, -0.1) is 0 Å². The first-order valence-electron chi connectivity index (χ1n) is 14.9. The van der Waals surface area contributed by atoms with Gasteiger partial charge in [-0.1, -0.05) is 81.1 Å². The Bertz CT molecular complexity index is 603. The summed E-state index contributed by atoms with van der Waals surface area (Å²) < 4.78 is 0. The van der Waals surface area contributed by atoms with Crippen molar-refractivity contribution in [3.8, 4) is 0 Å². The molecule has 0 saturated heterocycles. The van der Waals surface area contributed by atoms with Crippen molar-refractivity contribution in [2.24, 2.45) is 70.0 Å². The minimum atomic E-state index is 0.505. The summed E-state index contributed by atoms with van der Waals surface area (Å²) in [7, 11) is 0. The molecule has 4 aliphatic carbocycles. The van der Waals surface area contributed by atoms with Crippen LogP contribution in [0.15, 0.2) is 0 Å². The normalized spacial score (nSPS) is 46.1. The van der Waals surface area contributed by atoms with Crippen molar-refractivity contribution in [2.75, 3.05) is 0 Å². The summed E-state index contributed by atoms with van der Waals surface area (Å²) in [5, 5.41) is 0. The van der Waals surface area contributed by atoms with Crippen LogP contribution in [0, 0.1) is 70.0 Å². The fourth-order valence-electron chi connectivity index (χ4n) is 9.81. The molecule has 0 N–H and O–H groups in total. The SMILES string of the molecule is CC1CC(C)C2C(C1)CC(C1CCCC(C(C)(C)C)C1)C2CC1CCCC(C(C)(C)C)C1. The molecule has 0 aromatic heterocycles. The second-order valence-corrected chi connectivity index (χ2v) is 15.8. The molecule has 0 aliphatic heterocycles. The molecule has 0 nitrogen and oxygen atoms in total. The van der Waals surface area contributed by atoms with Crippen LogP contribution in [0.1, 0.15) is 132 Å². The first kappa shape index (κ1) is 25.1. The maximum Gasteiger partial charge on any atom is -0.0328 e. The molecule has 0 aromatic carbocycles. The zero-order chi connectivity index (χ0) is 23.3. The molecule has 4 fully saturated rings. The van der Waals surface area contributed by atoms with E-state index >= 15 is 0 Å².